The van der Waals surface area contributed by atoms with E-state index in [1.165, 1.54) is 25.7 Å². The van der Waals surface area contributed by atoms with Crippen LogP contribution < -0.4 is 10.1 Å². The molecule has 1 fully saturated rings. The van der Waals surface area contributed by atoms with Gasteiger partial charge in [0.05, 0.1) is 7.11 Å². The molecule has 0 radical (unpaired) electrons. The fourth-order valence-electron chi connectivity index (χ4n) is 3.48. The Hall–Kier alpha value is -1.77. The van der Waals surface area contributed by atoms with Gasteiger partial charge in [0.2, 0.25) is 0 Å². The summed E-state index contributed by atoms with van der Waals surface area (Å²) in [5.41, 5.74) is 0. The number of rotatable bonds is 4. The Morgan fingerprint density at radius 1 is 1.24 bits per heavy atom. The standard InChI is InChI=1S/C18H24N2O/c1-13-5-3-6-14(11-13)12-20-18-16-7-4-8-17(21-2)15(16)9-10-19-18/h4,7-10,13-14H,3,5-6,11-12H2,1-2H3,(H,19,20). The largest absolute Gasteiger partial charge is 0.496 e. The number of anilines is 1. The fraction of sp³-hybridized carbons (Fsp3) is 0.500. The van der Waals surface area contributed by atoms with Crippen molar-refractivity contribution in [3.63, 3.8) is 0 Å². The second-order valence-corrected chi connectivity index (χ2v) is 6.23. The SMILES string of the molecule is COc1cccc2c(NCC3CCCC(C)C3)nccc12. The second kappa shape index (κ2) is 6.33. The van der Waals surface area contributed by atoms with Gasteiger partial charge in [-0.25, -0.2) is 4.98 Å². The van der Waals surface area contributed by atoms with Crippen LogP contribution in [0.3, 0.4) is 0 Å². The van der Waals surface area contributed by atoms with Gasteiger partial charge in [-0.1, -0.05) is 31.9 Å². The lowest BCUT2D eigenvalue weighted by atomic mass is 9.82. The summed E-state index contributed by atoms with van der Waals surface area (Å²) < 4.78 is 5.44. The Labute approximate surface area is 126 Å². The summed E-state index contributed by atoms with van der Waals surface area (Å²) in [5.74, 6) is 3.52. The van der Waals surface area contributed by atoms with Crippen LogP contribution in [0.4, 0.5) is 5.82 Å². The Kier molecular flexibility index (Phi) is 4.28. The van der Waals surface area contributed by atoms with Gasteiger partial charge in [0.1, 0.15) is 11.6 Å². The zero-order valence-corrected chi connectivity index (χ0v) is 12.9. The van der Waals surface area contributed by atoms with E-state index in [4.69, 9.17) is 4.74 Å². The van der Waals surface area contributed by atoms with Gasteiger partial charge < -0.3 is 10.1 Å². The number of ether oxygens (including phenoxy) is 1. The number of hydrogen-bond acceptors (Lipinski definition) is 3. The molecule has 0 spiro atoms. The third-order valence-corrected chi connectivity index (χ3v) is 4.59. The number of benzene rings is 1. The van der Waals surface area contributed by atoms with Crippen molar-refractivity contribution in [2.75, 3.05) is 19.0 Å². The van der Waals surface area contributed by atoms with Crippen LogP contribution in [0, 0.1) is 11.8 Å². The number of fused-ring (bicyclic) bond motifs is 1. The molecule has 1 aromatic heterocycles. The Balaban J connectivity index is 1.78. The molecular formula is C18H24N2O. The highest BCUT2D eigenvalue weighted by molar-refractivity contribution is 5.95. The number of aromatic nitrogens is 1. The molecule has 1 N–H and O–H groups in total. The average Bonchev–Trinajstić information content (AvgIpc) is 2.52. The molecule has 2 unspecified atom stereocenters. The van der Waals surface area contributed by atoms with E-state index in [0.717, 1.165) is 40.7 Å². The molecule has 2 atom stereocenters. The highest BCUT2D eigenvalue weighted by atomic mass is 16.5. The summed E-state index contributed by atoms with van der Waals surface area (Å²) in [5, 5.41) is 5.82. The van der Waals surface area contributed by atoms with Gasteiger partial charge in [0.15, 0.2) is 0 Å². The summed E-state index contributed by atoms with van der Waals surface area (Å²) in [6, 6.07) is 8.14. The molecule has 1 aliphatic rings. The molecule has 1 aromatic carbocycles. The topological polar surface area (TPSA) is 34.1 Å². The average molecular weight is 284 g/mol. The molecule has 1 aliphatic carbocycles. The maximum atomic E-state index is 5.44. The molecule has 3 heteroatoms. The lowest BCUT2D eigenvalue weighted by Crippen LogP contribution is -2.21. The van der Waals surface area contributed by atoms with Crippen molar-refractivity contribution >= 4 is 16.6 Å². The Bertz CT molecular complexity index is 611. The van der Waals surface area contributed by atoms with Crippen molar-refractivity contribution in [2.45, 2.75) is 32.6 Å². The second-order valence-electron chi connectivity index (χ2n) is 6.23. The van der Waals surface area contributed by atoms with Crippen molar-refractivity contribution in [3.8, 4) is 5.75 Å². The Morgan fingerprint density at radius 3 is 2.95 bits per heavy atom. The summed E-state index contributed by atoms with van der Waals surface area (Å²) in [6.07, 6.45) is 7.29. The van der Waals surface area contributed by atoms with Crippen molar-refractivity contribution in [2.24, 2.45) is 11.8 Å². The zero-order chi connectivity index (χ0) is 14.7. The maximum absolute atomic E-state index is 5.44. The first-order chi connectivity index (χ1) is 10.3. The molecule has 0 amide bonds. The summed E-state index contributed by atoms with van der Waals surface area (Å²) >= 11 is 0. The van der Waals surface area contributed by atoms with E-state index in [0.29, 0.717) is 0 Å². The first kappa shape index (κ1) is 14.2. The smallest absolute Gasteiger partial charge is 0.133 e. The first-order valence-electron chi connectivity index (χ1n) is 7.93. The van der Waals surface area contributed by atoms with E-state index in [1.54, 1.807) is 7.11 Å². The monoisotopic (exact) mass is 284 g/mol. The molecule has 21 heavy (non-hydrogen) atoms. The van der Waals surface area contributed by atoms with Crippen LogP contribution in [0.1, 0.15) is 32.6 Å². The van der Waals surface area contributed by atoms with Crippen LogP contribution in [0.2, 0.25) is 0 Å². The third kappa shape index (κ3) is 3.12. The van der Waals surface area contributed by atoms with E-state index < -0.39 is 0 Å². The number of nitrogens with zero attached hydrogens (tertiary/aromatic N) is 1. The molecule has 0 saturated heterocycles. The van der Waals surface area contributed by atoms with Crippen molar-refractivity contribution in [3.05, 3.63) is 30.5 Å². The molecule has 0 bridgehead atoms. The predicted octanol–water partition coefficient (Wildman–Crippen LogP) is 4.48. The summed E-state index contributed by atoms with van der Waals surface area (Å²) in [4.78, 5) is 4.52. The normalized spacial score (nSPS) is 22.2. The van der Waals surface area contributed by atoms with Crippen LogP contribution >= 0.6 is 0 Å². The number of pyridine rings is 1. The first-order valence-corrected chi connectivity index (χ1v) is 7.93. The van der Waals surface area contributed by atoms with E-state index in [1.807, 2.05) is 24.4 Å². The van der Waals surface area contributed by atoms with Gasteiger partial charge in [0, 0.05) is 23.5 Å². The molecule has 112 valence electrons. The molecule has 3 rings (SSSR count). The van der Waals surface area contributed by atoms with Crippen LogP contribution in [-0.4, -0.2) is 18.6 Å². The van der Waals surface area contributed by atoms with Crippen LogP contribution in [0.5, 0.6) is 5.75 Å². The van der Waals surface area contributed by atoms with Crippen LogP contribution in [0.25, 0.3) is 10.8 Å². The van der Waals surface area contributed by atoms with Gasteiger partial charge in [-0.2, -0.15) is 0 Å². The summed E-state index contributed by atoms with van der Waals surface area (Å²) in [6.45, 7) is 3.39. The van der Waals surface area contributed by atoms with Gasteiger partial charge in [0.25, 0.3) is 0 Å². The zero-order valence-electron chi connectivity index (χ0n) is 12.9. The highest BCUT2D eigenvalue weighted by Gasteiger charge is 2.19. The van der Waals surface area contributed by atoms with Crippen molar-refractivity contribution < 1.29 is 4.74 Å². The third-order valence-electron chi connectivity index (χ3n) is 4.59. The number of methoxy groups -OCH3 is 1. The van der Waals surface area contributed by atoms with Crippen molar-refractivity contribution in [1.82, 2.24) is 4.98 Å². The minimum absolute atomic E-state index is 0.774. The molecule has 1 saturated carbocycles. The fourth-order valence-corrected chi connectivity index (χ4v) is 3.48. The summed E-state index contributed by atoms with van der Waals surface area (Å²) in [7, 11) is 1.71. The minimum atomic E-state index is 0.774. The molecule has 0 aliphatic heterocycles. The molecular weight excluding hydrogens is 260 g/mol. The predicted molar refractivity (Wildman–Crippen MR) is 87.9 cm³/mol. The lowest BCUT2D eigenvalue weighted by Gasteiger charge is -2.27. The lowest BCUT2D eigenvalue weighted by molar-refractivity contribution is 0.293. The van der Waals surface area contributed by atoms with Gasteiger partial charge in [-0.3, -0.25) is 0 Å². The number of nitrogens with one attached hydrogen (secondary N) is 1. The number of hydrogen-bond donors (Lipinski definition) is 1. The van der Waals surface area contributed by atoms with Gasteiger partial charge in [-0.15, -0.1) is 0 Å². The molecule has 2 aromatic rings. The molecule has 3 nitrogen and oxygen atoms in total. The van der Waals surface area contributed by atoms with Crippen LogP contribution in [0.15, 0.2) is 30.5 Å². The van der Waals surface area contributed by atoms with Crippen LogP contribution in [-0.2, 0) is 0 Å². The van der Waals surface area contributed by atoms with E-state index in [2.05, 4.69) is 23.3 Å². The van der Waals surface area contributed by atoms with Crippen molar-refractivity contribution in [1.29, 1.82) is 0 Å². The Morgan fingerprint density at radius 2 is 2.14 bits per heavy atom. The quantitative estimate of drug-likeness (QED) is 0.898. The highest BCUT2D eigenvalue weighted by Crippen LogP contribution is 2.31. The van der Waals surface area contributed by atoms with E-state index in [-0.39, 0.29) is 0 Å². The maximum Gasteiger partial charge on any atom is 0.133 e. The molecule has 1 heterocycles. The minimum Gasteiger partial charge on any atom is -0.496 e. The van der Waals surface area contributed by atoms with Gasteiger partial charge in [-0.05, 0) is 36.8 Å². The van der Waals surface area contributed by atoms with E-state index in [9.17, 15) is 0 Å². The van der Waals surface area contributed by atoms with E-state index >= 15 is 0 Å². The van der Waals surface area contributed by atoms with Gasteiger partial charge >= 0.3 is 0 Å².